The van der Waals surface area contributed by atoms with E-state index < -0.39 is 29.8 Å². The summed E-state index contributed by atoms with van der Waals surface area (Å²) in [5.74, 6) is -4.24. The van der Waals surface area contributed by atoms with E-state index in [-0.39, 0.29) is 11.4 Å². The first kappa shape index (κ1) is 13.0. The maximum Gasteiger partial charge on any atom is 0.453 e. The quantitative estimate of drug-likeness (QED) is 0.654. The van der Waals surface area contributed by atoms with Crippen molar-refractivity contribution in [1.82, 2.24) is 19.8 Å². The van der Waals surface area contributed by atoms with Crippen LogP contribution < -0.4 is 9.47 Å². The number of aromatic nitrogens is 4. The average Bonchev–Trinajstić information content (AvgIpc) is 2.77. The van der Waals surface area contributed by atoms with Gasteiger partial charge in [0.05, 0.1) is 0 Å². The molecule has 0 saturated heterocycles. The van der Waals surface area contributed by atoms with E-state index in [4.69, 9.17) is 4.74 Å². The van der Waals surface area contributed by atoms with Crippen molar-refractivity contribution in [2.75, 3.05) is 0 Å². The smallest absolute Gasteiger partial charge is 0.417 e. The number of ether oxygens (including phenoxy) is 2. The van der Waals surface area contributed by atoms with Gasteiger partial charge in [-0.1, -0.05) is 0 Å². The lowest BCUT2D eigenvalue weighted by Gasteiger charge is -2.10. The zero-order chi connectivity index (χ0) is 15.2. The fourth-order valence-corrected chi connectivity index (χ4v) is 1.53. The van der Waals surface area contributed by atoms with Gasteiger partial charge in [0.25, 0.3) is 11.7 Å². The Hall–Kier alpha value is -2.98. The summed E-state index contributed by atoms with van der Waals surface area (Å²) in [6, 6.07) is 0.953. The first-order valence-electron chi connectivity index (χ1n) is 5.30. The summed E-state index contributed by atoms with van der Waals surface area (Å²) in [4.78, 5) is 22.6. The van der Waals surface area contributed by atoms with Crippen LogP contribution in [0.15, 0.2) is 18.2 Å². The van der Waals surface area contributed by atoms with Crippen LogP contribution in [0.3, 0.4) is 0 Å². The van der Waals surface area contributed by atoms with Crippen LogP contribution in [-0.4, -0.2) is 31.8 Å². The average molecular weight is 300 g/mol. The molecular weight excluding hydrogens is 297 g/mol. The molecule has 0 unspecified atom stereocenters. The Morgan fingerprint density at radius 2 is 1.71 bits per heavy atom. The van der Waals surface area contributed by atoms with Gasteiger partial charge < -0.3 is 9.47 Å². The van der Waals surface area contributed by atoms with Gasteiger partial charge in [-0.05, 0) is 0 Å². The van der Waals surface area contributed by atoms with E-state index >= 15 is 0 Å². The van der Waals surface area contributed by atoms with E-state index in [0.717, 1.165) is 18.2 Å². The zero-order valence-electron chi connectivity index (χ0n) is 9.79. The molecule has 0 spiro atoms. The van der Waals surface area contributed by atoms with Crippen molar-refractivity contribution in [3.8, 4) is 11.6 Å². The van der Waals surface area contributed by atoms with Gasteiger partial charge in [0, 0.05) is 18.2 Å². The summed E-state index contributed by atoms with van der Waals surface area (Å²) in [6.07, 6.45) is -3.24. The van der Waals surface area contributed by atoms with Gasteiger partial charge in [0.1, 0.15) is 0 Å². The van der Waals surface area contributed by atoms with E-state index in [1.54, 1.807) is 0 Å². The van der Waals surface area contributed by atoms with Crippen molar-refractivity contribution in [3.05, 3.63) is 24.0 Å². The standard InChI is InChI=1S/C10H3F3N4O4/c11-10(12,13)9-15-14-5-3-4-8(16-17(5)9)21-7(19)2-1-6(18)20-4/h1-3H/b2-1+. The van der Waals surface area contributed by atoms with Crippen molar-refractivity contribution in [2.45, 2.75) is 6.18 Å². The van der Waals surface area contributed by atoms with Gasteiger partial charge in [0.15, 0.2) is 11.4 Å². The van der Waals surface area contributed by atoms with Crippen molar-refractivity contribution in [3.63, 3.8) is 0 Å². The van der Waals surface area contributed by atoms with Gasteiger partial charge in [-0.2, -0.15) is 17.7 Å². The maximum absolute atomic E-state index is 12.7. The van der Waals surface area contributed by atoms with Gasteiger partial charge in [0.2, 0.25) is 0 Å². The minimum Gasteiger partial charge on any atom is -0.417 e. The van der Waals surface area contributed by atoms with E-state index in [2.05, 4.69) is 20.0 Å². The number of halogens is 3. The monoisotopic (exact) mass is 300 g/mol. The summed E-state index contributed by atoms with van der Waals surface area (Å²) in [5, 5.41) is 9.67. The molecule has 0 radical (unpaired) electrons. The molecule has 2 aromatic rings. The van der Waals surface area contributed by atoms with Gasteiger partial charge >= 0.3 is 18.1 Å². The SMILES string of the molecule is O=C1/C=C/C(=O)Oc2nn3c(C(F)(F)F)nnc3cc2O1. The molecule has 1 aliphatic heterocycles. The second-order valence-electron chi connectivity index (χ2n) is 3.78. The van der Waals surface area contributed by atoms with Gasteiger partial charge in [-0.15, -0.1) is 15.3 Å². The molecule has 0 fully saturated rings. The lowest BCUT2D eigenvalue weighted by atomic mass is 10.4. The Morgan fingerprint density at radius 1 is 1.05 bits per heavy atom. The lowest BCUT2D eigenvalue weighted by molar-refractivity contribution is -0.146. The highest BCUT2D eigenvalue weighted by Gasteiger charge is 2.38. The third-order valence-corrected chi connectivity index (χ3v) is 2.34. The highest BCUT2D eigenvalue weighted by Crippen LogP contribution is 2.31. The maximum atomic E-state index is 12.7. The highest BCUT2D eigenvalue weighted by molar-refractivity contribution is 5.94. The molecule has 0 aromatic carbocycles. The van der Waals surface area contributed by atoms with Crippen LogP contribution >= 0.6 is 0 Å². The van der Waals surface area contributed by atoms with Crippen molar-refractivity contribution < 1.29 is 32.2 Å². The topological polar surface area (TPSA) is 95.7 Å². The third-order valence-electron chi connectivity index (χ3n) is 2.34. The predicted octanol–water partition coefficient (Wildman–Crippen LogP) is 0.524. The Morgan fingerprint density at radius 3 is 2.38 bits per heavy atom. The molecule has 0 saturated carbocycles. The van der Waals surface area contributed by atoms with E-state index in [9.17, 15) is 22.8 Å². The Balaban J connectivity index is 2.20. The fraction of sp³-hybridized carbons (Fsp3) is 0.100. The molecule has 3 rings (SSSR count). The highest BCUT2D eigenvalue weighted by atomic mass is 19.4. The molecular formula is C10H3F3N4O4. The summed E-state index contributed by atoms with van der Waals surface area (Å²) in [6.45, 7) is 0. The Labute approximate surface area is 112 Å². The number of fused-ring (bicyclic) bond motifs is 2. The van der Waals surface area contributed by atoms with Gasteiger partial charge in [-0.3, -0.25) is 0 Å². The fourth-order valence-electron chi connectivity index (χ4n) is 1.53. The third kappa shape index (κ3) is 2.28. The molecule has 11 heteroatoms. The number of carbonyl (C=O) groups excluding carboxylic acids is 2. The number of esters is 2. The normalized spacial score (nSPS) is 16.7. The van der Waals surface area contributed by atoms with Crippen LogP contribution in [0.5, 0.6) is 11.6 Å². The van der Waals surface area contributed by atoms with E-state index in [1.165, 1.54) is 0 Å². The number of hydrogen-bond acceptors (Lipinski definition) is 7. The molecule has 1 aliphatic rings. The molecule has 2 aromatic heterocycles. The van der Waals surface area contributed by atoms with Crippen LogP contribution in [0, 0.1) is 0 Å². The van der Waals surface area contributed by atoms with Gasteiger partial charge in [-0.25, -0.2) is 9.59 Å². The second-order valence-corrected chi connectivity index (χ2v) is 3.78. The van der Waals surface area contributed by atoms with Crippen molar-refractivity contribution in [1.29, 1.82) is 0 Å². The number of rotatable bonds is 0. The minimum atomic E-state index is -4.80. The minimum absolute atomic E-state index is 0.325. The van der Waals surface area contributed by atoms with Crippen LogP contribution in [-0.2, 0) is 15.8 Å². The number of carbonyl (C=O) groups is 2. The van der Waals surface area contributed by atoms with Crippen molar-refractivity contribution in [2.24, 2.45) is 0 Å². The molecule has 0 bridgehead atoms. The zero-order valence-corrected chi connectivity index (χ0v) is 9.79. The molecule has 21 heavy (non-hydrogen) atoms. The predicted molar refractivity (Wildman–Crippen MR) is 56.2 cm³/mol. The molecule has 8 nitrogen and oxygen atoms in total. The van der Waals surface area contributed by atoms with Crippen LogP contribution in [0.1, 0.15) is 5.82 Å². The molecule has 3 heterocycles. The summed E-state index contributed by atoms with van der Waals surface area (Å²) in [7, 11) is 0. The molecule has 108 valence electrons. The lowest BCUT2D eigenvalue weighted by Crippen LogP contribution is -2.17. The molecule has 0 amide bonds. The van der Waals surface area contributed by atoms with E-state index in [1.807, 2.05) is 0 Å². The molecule has 0 atom stereocenters. The first-order chi connectivity index (χ1) is 9.84. The Bertz CT molecular complexity index is 795. The number of alkyl halides is 3. The summed E-state index contributed by atoms with van der Waals surface area (Å²) in [5.41, 5.74) is -0.325. The molecule has 0 aliphatic carbocycles. The summed E-state index contributed by atoms with van der Waals surface area (Å²) >= 11 is 0. The largest absolute Gasteiger partial charge is 0.453 e. The van der Waals surface area contributed by atoms with Crippen LogP contribution in [0.25, 0.3) is 5.65 Å². The molecule has 0 N–H and O–H groups in total. The number of hydrogen-bond donors (Lipinski definition) is 0. The van der Waals surface area contributed by atoms with E-state index in [0.29, 0.717) is 4.52 Å². The van der Waals surface area contributed by atoms with Crippen LogP contribution in [0.4, 0.5) is 13.2 Å². The first-order valence-corrected chi connectivity index (χ1v) is 5.30. The Kier molecular flexibility index (Phi) is 2.64. The second kappa shape index (κ2) is 4.26. The number of nitrogens with zero attached hydrogens (tertiary/aromatic N) is 4. The van der Waals surface area contributed by atoms with Crippen molar-refractivity contribution >= 4 is 17.6 Å². The van der Waals surface area contributed by atoms with Crippen LogP contribution in [0.2, 0.25) is 0 Å². The summed E-state index contributed by atoms with van der Waals surface area (Å²) < 4.78 is 47.9.